The Bertz CT molecular complexity index is 236. The first-order valence-electron chi connectivity index (χ1n) is 4.59. The van der Waals surface area contributed by atoms with Crippen LogP contribution in [0.15, 0.2) is 12.2 Å². The van der Waals surface area contributed by atoms with Crippen molar-refractivity contribution in [1.82, 2.24) is 5.32 Å². The highest BCUT2D eigenvalue weighted by atomic mass is 16.4. The fourth-order valence-corrected chi connectivity index (χ4v) is 1.13. The summed E-state index contributed by atoms with van der Waals surface area (Å²) in [7, 11) is 1.47. The number of aliphatic carboxylic acids is 1. The summed E-state index contributed by atoms with van der Waals surface area (Å²) < 4.78 is 0. The van der Waals surface area contributed by atoms with E-state index in [1.54, 1.807) is 6.92 Å². The van der Waals surface area contributed by atoms with Gasteiger partial charge in [-0.1, -0.05) is 19.1 Å². The van der Waals surface area contributed by atoms with Crippen LogP contribution < -0.4 is 5.32 Å². The molecule has 0 aromatic heterocycles. The van der Waals surface area contributed by atoms with E-state index in [2.05, 4.69) is 5.32 Å². The van der Waals surface area contributed by atoms with Crippen molar-refractivity contribution in [3.05, 3.63) is 12.2 Å². The van der Waals surface area contributed by atoms with Crippen molar-refractivity contribution < 1.29 is 14.7 Å². The number of carboxylic acids is 1. The summed E-state index contributed by atoms with van der Waals surface area (Å²) in [5.41, 5.74) is 0. The molecular formula is C10H17NO3. The van der Waals surface area contributed by atoms with Gasteiger partial charge in [-0.2, -0.15) is 0 Å². The van der Waals surface area contributed by atoms with Gasteiger partial charge in [-0.3, -0.25) is 9.59 Å². The molecule has 0 saturated carbocycles. The fourth-order valence-electron chi connectivity index (χ4n) is 1.13. The lowest BCUT2D eigenvalue weighted by atomic mass is 9.96. The van der Waals surface area contributed by atoms with Crippen LogP contribution in [0.2, 0.25) is 0 Å². The zero-order valence-electron chi connectivity index (χ0n) is 8.78. The van der Waals surface area contributed by atoms with E-state index in [1.807, 2.05) is 19.1 Å². The van der Waals surface area contributed by atoms with E-state index in [-0.39, 0.29) is 11.7 Å². The minimum Gasteiger partial charge on any atom is -0.480 e. The van der Waals surface area contributed by atoms with Crippen LogP contribution in [0.3, 0.4) is 0 Å². The molecule has 0 bridgehead atoms. The van der Waals surface area contributed by atoms with Crippen LogP contribution in [0.4, 0.5) is 0 Å². The summed E-state index contributed by atoms with van der Waals surface area (Å²) >= 11 is 0. The van der Waals surface area contributed by atoms with E-state index < -0.39 is 12.0 Å². The Morgan fingerprint density at radius 3 is 2.43 bits per heavy atom. The predicted octanol–water partition coefficient (Wildman–Crippen LogP) is 0.830. The number of carboxylic acid groups (broad SMARTS) is 1. The van der Waals surface area contributed by atoms with Gasteiger partial charge < -0.3 is 10.4 Å². The lowest BCUT2D eigenvalue weighted by Gasteiger charge is -2.14. The molecule has 0 aliphatic carbocycles. The normalized spacial score (nSPS) is 15.4. The van der Waals surface area contributed by atoms with Crippen molar-refractivity contribution in [1.29, 1.82) is 0 Å². The summed E-state index contributed by atoms with van der Waals surface area (Å²) in [6, 6.07) is -1.09. The van der Waals surface area contributed by atoms with Crippen molar-refractivity contribution in [2.75, 3.05) is 7.05 Å². The summed E-state index contributed by atoms with van der Waals surface area (Å²) in [5.74, 6) is -1.66. The zero-order chi connectivity index (χ0) is 11.1. The second kappa shape index (κ2) is 6.32. The minimum absolute atomic E-state index is 0.264. The number of allylic oxidation sites excluding steroid dienone is 2. The number of likely N-dealkylation sites (N-methyl/N-ethyl adjacent to an activating group) is 1. The summed E-state index contributed by atoms with van der Waals surface area (Å²) in [6.07, 6.45) is 4.29. The van der Waals surface area contributed by atoms with Gasteiger partial charge in [0.25, 0.3) is 0 Å². The van der Waals surface area contributed by atoms with Gasteiger partial charge in [-0.15, -0.1) is 0 Å². The van der Waals surface area contributed by atoms with Crippen molar-refractivity contribution >= 4 is 11.8 Å². The molecule has 14 heavy (non-hydrogen) atoms. The molecule has 2 N–H and O–H groups in total. The molecule has 0 amide bonds. The van der Waals surface area contributed by atoms with E-state index in [1.165, 1.54) is 7.05 Å². The van der Waals surface area contributed by atoms with Crippen molar-refractivity contribution in [3.8, 4) is 0 Å². The van der Waals surface area contributed by atoms with Gasteiger partial charge in [-0.05, 0) is 20.4 Å². The quantitative estimate of drug-likeness (QED) is 0.491. The standard InChI is InChI=1S/C10H17NO3/c1-4-5-6-7(2)9(12)8(11-3)10(13)14/h4-5,7-8,11H,6H2,1-3H3,(H,13,14)/b5-4+/t7-,8+/m1/s1. The lowest BCUT2D eigenvalue weighted by Crippen LogP contribution is -2.43. The molecule has 0 rings (SSSR count). The maximum Gasteiger partial charge on any atom is 0.328 e. The SMILES string of the molecule is C/C=C/C[C@@H](C)C(=O)[C@H](NC)C(=O)O. The molecule has 0 aromatic carbocycles. The molecule has 0 heterocycles. The Kier molecular flexibility index (Phi) is 5.79. The van der Waals surface area contributed by atoms with Crippen LogP contribution in [-0.4, -0.2) is 29.9 Å². The Morgan fingerprint density at radius 2 is 2.07 bits per heavy atom. The highest BCUT2D eigenvalue weighted by Gasteiger charge is 2.27. The number of Topliss-reactive ketones (excluding diaryl/α,β-unsaturated/α-hetero) is 1. The predicted molar refractivity (Wildman–Crippen MR) is 54.1 cm³/mol. The summed E-state index contributed by atoms with van der Waals surface area (Å²) in [5, 5.41) is 11.2. The van der Waals surface area contributed by atoms with Crippen molar-refractivity contribution in [2.24, 2.45) is 5.92 Å². The average Bonchev–Trinajstić information content (AvgIpc) is 2.14. The van der Waals surface area contributed by atoms with E-state index in [9.17, 15) is 9.59 Å². The molecular weight excluding hydrogens is 182 g/mol. The molecule has 4 heteroatoms. The van der Waals surface area contributed by atoms with Crippen molar-refractivity contribution in [3.63, 3.8) is 0 Å². The van der Waals surface area contributed by atoms with Crippen LogP contribution in [0.1, 0.15) is 20.3 Å². The Balaban J connectivity index is 4.34. The van der Waals surface area contributed by atoms with Gasteiger partial charge in [0.1, 0.15) is 0 Å². The molecule has 0 aliphatic rings. The molecule has 0 radical (unpaired) electrons. The van der Waals surface area contributed by atoms with Gasteiger partial charge >= 0.3 is 5.97 Å². The molecule has 0 spiro atoms. The summed E-state index contributed by atoms with van der Waals surface area (Å²) in [4.78, 5) is 22.2. The number of rotatable bonds is 6. The number of carbonyl (C=O) groups excluding carboxylic acids is 1. The van der Waals surface area contributed by atoms with Gasteiger partial charge in [0, 0.05) is 5.92 Å². The third kappa shape index (κ3) is 3.70. The highest BCUT2D eigenvalue weighted by Crippen LogP contribution is 2.07. The minimum atomic E-state index is -1.12. The summed E-state index contributed by atoms with van der Waals surface area (Å²) in [6.45, 7) is 3.60. The monoisotopic (exact) mass is 199 g/mol. The van der Waals surface area contributed by atoms with Gasteiger partial charge in [-0.25, -0.2) is 0 Å². The van der Waals surface area contributed by atoms with E-state index >= 15 is 0 Å². The third-order valence-corrected chi connectivity index (χ3v) is 2.03. The molecule has 0 aromatic rings. The topological polar surface area (TPSA) is 66.4 Å². The highest BCUT2D eigenvalue weighted by molar-refractivity contribution is 6.03. The van der Waals surface area contributed by atoms with Crippen LogP contribution in [-0.2, 0) is 9.59 Å². The van der Waals surface area contributed by atoms with Crippen molar-refractivity contribution in [2.45, 2.75) is 26.3 Å². The maximum absolute atomic E-state index is 11.5. The second-order valence-electron chi connectivity index (χ2n) is 3.17. The fraction of sp³-hybridized carbons (Fsp3) is 0.600. The third-order valence-electron chi connectivity index (χ3n) is 2.03. The van der Waals surface area contributed by atoms with Gasteiger partial charge in [0.2, 0.25) is 0 Å². The Labute approximate surface area is 84.0 Å². The van der Waals surface area contributed by atoms with E-state index in [0.717, 1.165) is 0 Å². The lowest BCUT2D eigenvalue weighted by molar-refractivity contribution is -0.144. The number of hydrogen-bond donors (Lipinski definition) is 2. The molecule has 0 fully saturated rings. The number of nitrogens with one attached hydrogen (secondary N) is 1. The Hall–Kier alpha value is -1.16. The smallest absolute Gasteiger partial charge is 0.328 e. The number of ketones is 1. The molecule has 4 nitrogen and oxygen atoms in total. The molecule has 80 valence electrons. The molecule has 2 atom stereocenters. The first-order chi connectivity index (χ1) is 6.54. The van der Waals surface area contributed by atoms with Crippen LogP contribution in [0.5, 0.6) is 0 Å². The van der Waals surface area contributed by atoms with E-state index in [4.69, 9.17) is 5.11 Å². The van der Waals surface area contributed by atoms with Crippen LogP contribution >= 0.6 is 0 Å². The Morgan fingerprint density at radius 1 is 1.50 bits per heavy atom. The molecule has 0 aliphatic heterocycles. The average molecular weight is 199 g/mol. The van der Waals surface area contributed by atoms with Gasteiger partial charge in [0.05, 0.1) is 0 Å². The molecule has 0 unspecified atom stereocenters. The first kappa shape index (κ1) is 12.8. The largest absolute Gasteiger partial charge is 0.480 e. The number of carbonyl (C=O) groups is 2. The maximum atomic E-state index is 11.5. The molecule has 0 saturated heterocycles. The van der Waals surface area contributed by atoms with Crippen LogP contribution in [0.25, 0.3) is 0 Å². The first-order valence-corrected chi connectivity index (χ1v) is 4.59. The zero-order valence-corrected chi connectivity index (χ0v) is 8.78. The van der Waals surface area contributed by atoms with Gasteiger partial charge in [0.15, 0.2) is 11.8 Å². The van der Waals surface area contributed by atoms with Crippen LogP contribution in [0, 0.1) is 5.92 Å². The van der Waals surface area contributed by atoms with E-state index in [0.29, 0.717) is 6.42 Å². The second-order valence-corrected chi connectivity index (χ2v) is 3.17. The number of hydrogen-bond acceptors (Lipinski definition) is 3.